The third-order valence-corrected chi connectivity index (χ3v) is 1.15. The summed E-state index contributed by atoms with van der Waals surface area (Å²) in [5.74, 6) is 0.0390. The van der Waals surface area contributed by atoms with Gasteiger partial charge >= 0.3 is 0 Å². The highest BCUT2D eigenvalue weighted by Crippen LogP contribution is 2.19. The minimum Gasteiger partial charge on any atom is -0.505 e. The summed E-state index contributed by atoms with van der Waals surface area (Å²) < 4.78 is 0. The molecule has 0 unspecified atom stereocenters. The van der Waals surface area contributed by atoms with E-state index in [1.165, 1.54) is 0 Å². The number of rotatable bonds is 3. The molecule has 0 aliphatic heterocycles. The molecule has 10 heavy (non-hydrogen) atoms. The molecule has 0 aliphatic rings. The van der Waals surface area contributed by atoms with Crippen LogP contribution in [0.5, 0.6) is 0 Å². The third kappa shape index (κ3) is 3.10. The molecule has 0 aromatic heterocycles. The Balaban J connectivity index is 4.14. The van der Waals surface area contributed by atoms with E-state index in [4.69, 9.17) is 5.11 Å². The van der Waals surface area contributed by atoms with Crippen molar-refractivity contribution in [1.29, 1.82) is 0 Å². The van der Waals surface area contributed by atoms with E-state index in [0.29, 0.717) is 6.42 Å². The van der Waals surface area contributed by atoms with Crippen molar-refractivity contribution in [1.82, 2.24) is 0 Å². The van der Waals surface area contributed by atoms with Crippen LogP contribution >= 0.6 is 0 Å². The van der Waals surface area contributed by atoms with Crippen molar-refractivity contribution < 1.29 is 9.90 Å². The van der Waals surface area contributed by atoms with E-state index >= 15 is 0 Å². The summed E-state index contributed by atoms with van der Waals surface area (Å²) >= 11 is 0. The molecule has 2 nitrogen and oxygen atoms in total. The molecule has 0 radical (unpaired) electrons. The molecule has 0 aliphatic carbocycles. The van der Waals surface area contributed by atoms with Gasteiger partial charge in [-0.25, -0.2) is 0 Å². The Morgan fingerprint density at radius 1 is 1.80 bits per heavy atom. The van der Waals surface area contributed by atoms with Crippen molar-refractivity contribution in [3.8, 4) is 0 Å². The first kappa shape index (κ1) is 8.99. The van der Waals surface area contributed by atoms with E-state index in [2.05, 4.69) is 12.3 Å². The van der Waals surface area contributed by atoms with Crippen molar-refractivity contribution in [2.24, 2.45) is 5.41 Å². The summed E-state index contributed by atoms with van der Waals surface area (Å²) in [6.07, 6.45) is 1.11. The van der Waals surface area contributed by atoms with Gasteiger partial charge in [0.2, 0.25) is 0 Å². The standard InChI is InChI=1S/C8H12O2/c1-4-7(10)5-8(2,3)6-9/h6,10H,1,5H2,2-3H3. The van der Waals surface area contributed by atoms with Gasteiger partial charge in [0.15, 0.2) is 0 Å². The number of hydrogen-bond acceptors (Lipinski definition) is 2. The van der Waals surface area contributed by atoms with Gasteiger partial charge in [-0.15, -0.1) is 0 Å². The van der Waals surface area contributed by atoms with Gasteiger partial charge in [0, 0.05) is 11.8 Å². The maximum Gasteiger partial charge on any atom is 0.135 e. The Labute approximate surface area is 60.9 Å². The van der Waals surface area contributed by atoms with Crippen LogP contribution in [0.1, 0.15) is 20.3 Å². The molecule has 56 valence electrons. The van der Waals surface area contributed by atoms with E-state index in [-0.39, 0.29) is 5.76 Å². The molecule has 0 heterocycles. The zero-order valence-electron chi connectivity index (χ0n) is 6.35. The van der Waals surface area contributed by atoms with Gasteiger partial charge in [0.25, 0.3) is 0 Å². The molecule has 2 heteroatoms. The molecule has 0 aromatic rings. The second kappa shape index (κ2) is 3.23. The fourth-order valence-electron chi connectivity index (χ4n) is 0.536. The lowest BCUT2D eigenvalue weighted by Crippen LogP contribution is -2.13. The maximum atomic E-state index is 10.3. The van der Waals surface area contributed by atoms with Gasteiger partial charge in [-0.05, 0) is 0 Å². The second-order valence-corrected chi connectivity index (χ2v) is 2.91. The van der Waals surface area contributed by atoms with Crippen LogP contribution in [0.2, 0.25) is 0 Å². The van der Waals surface area contributed by atoms with Gasteiger partial charge < -0.3 is 9.90 Å². The lowest BCUT2D eigenvalue weighted by Gasteiger charge is -2.13. The minimum atomic E-state index is -0.505. The average Bonchev–Trinajstić information content (AvgIpc) is 1.87. The molecule has 0 spiro atoms. The molecule has 0 saturated carbocycles. The smallest absolute Gasteiger partial charge is 0.135 e. The summed E-state index contributed by atoms with van der Waals surface area (Å²) in [5.41, 5.74) is 1.81. The fraction of sp³-hybridized carbons (Fsp3) is 0.500. The Hall–Kier alpha value is -1.01. The van der Waals surface area contributed by atoms with Crippen LogP contribution in [0.15, 0.2) is 18.1 Å². The summed E-state index contributed by atoms with van der Waals surface area (Å²) in [6, 6.07) is 0. The van der Waals surface area contributed by atoms with Crippen LogP contribution < -0.4 is 0 Å². The summed E-state index contributed by atoms with van der Waals surface area (Å²) in [6.45, 7) is 6.74. The Morgan fingerprint density at radius 2 is 2.30 bits per heavy atom. The normalized spacial score (nSPS) is 10.2. The zero-order valence-corrected chi connectivity index (χ0v) is 6.35. The molecule has 0 aromatic carbocycles. The van der Waals surface area contributed by atoms with Crippen molar-refractivity contribution in [2.45, 2.75) is 20.3 Å². The van der Waals surface area contributed by atoms with Crippen LogP contribution in [-0.2, 0) is 4.79 Å². The molecule has 0 saturated heterocycles. The van der Waals surface area contributed by atoms with Crippen molar-refractivity contribution >= 4 is 6.29 Å². The monoisotopic (exact) mass is 140 g/mol. The number of aldehydes is 1. The largest absolute Gasteiger partial charge is 0.505 e. The van der Waals surface area contributed by atoms with Gasteiger partial charge in [0.1, 0.15) is 12.0 Å². The molecule has 0 atom stereocenters. The number of aliphatic hydroxyl groups is 1. The first-order chi connectivity index (χ1) is 4.52. The van der Waals surface area contributed by atoms with Crippen LogP contribution in [0, 0.1) is 5.41 Å². The van der Waals surface area contributed by atoms with Gasteiger partial charge in [0.05, 0.1) is 0 Å². The molecule has 0 rings (SSSR count). The number of hydrogen-bond donors (Lipinski definition) is 1. The first-order valence-corrected chi connectivity index (χ1v) is 3.06. The summed E-state index contributed by atoms with van der Waals surface area (Å²) in [4.78, 5) is 10.3. The minimum absolute atomic E-state index is 0.0390. The van der Waals surface area contributed by atoms with Crippen LogP contribution in [0.25, 0.3) is 0 Å². The predicted octanol–water partition coefficient (Wildman–Crippen LogP) is 1.83. The van der Waals surface area contributed by atoms with Crippen molar-refractivity contribution in [2.75, 3.05) is 0 Å². The maximum absolute atomic E-state index is 10.3. The zero-order chi connectivity index (χ0) is 8.20. The second-order valence-electron chi connectivity index (χ2n) is 2.91. The fourth-order valence-corrected chi connectivity index (χ4v) is 0.536. The summed E-state index contributed by atoms with van der Waals surface area (Å²) in [7, 11) is 0. The third-order valence-electron chi connectivity index (χ3n) is 1.15. The van der Waals surface area contributed by atoms with E-state index in [0.717, 1.165) is 6.29 Å². The lowest BCUT2D eigenvalue weighted by molar-refractivity contribution is -0.114. The van der Waals surface area contributed by atoms with E-state index in [9.17, 15) is 4.79 Å². The highest BCUT2D eigenvalue weighted by atomic mass is 16.3. The van der Waals surface area contributed by atoms with Crippen molar-refractivity contribution in [3.63, 3.8) is 0 Å². The van der Waals surface area contributed by atoms with Crippen LogP contribution in [0.4, 0.5) is 0 Å². The highest BCUT2D eigenvalue weighted by molar-refractivity contribution is 5.58. The van der Waals surface area contributed by atoms with E-state index in [1.807, 2.05) is 0 Å². The van der Waals surface area contributed by atoms with Gasteiger partial charge in [-0.2, -0.15) is 0 Å². The Morgan fingerprint density at radius 3 is 2.60 bits per heavy atom. The SMILES string of the molecule is C=C=C(O)CC(C)(C)C=O. The topological polar surface area (TPSA) is 37.3 Å². The number of carbonyl (C=O) groups is 1. The van der Waals surface area contributed by atoms with Gasteiger partial charge in [-0.1, -0.05) is 26.2 Å². The number of carbonyl (C=O) groups excluding carboxylic acids is 1. The average molecular weight is 140 g/mol. The summed E-state index contributed by atoms with van der Waals surface area (Å²) in [5, 5.41) is 8.91. The van der Waals surface area contributed by atoms with Crippen molar-refractivity contribution in [3.05, 3.63) is 18.1 Å². The molecule has 0 fully saturated rings. The molecule has 0 bridgehead atoms. The van der Waals surface area contributed by atoms with E-state index < -0.39 is 5.41 Å². The Bertz CT molecular complexity index is 174. The van der Waals surface area contributed by atoms with Crippen LogP contribution in [0.3, 0.4) is 0 Å². The molecule has 1 N–H and O–H groups in total. The molecular weight excluding hydrogens is 128 g/mol. The number of aliphatic hydroxyl groups excluding tert-OH is 1. The quantitative estimate of drug-likeness (QED) is 0.369. The molecular formula is C8H12O2. The molecule has 0 amide bonds. The predicted molar refractivity (Wildman–Crippen MR) is 39.7 cm³/mol. The van der Waals surface area contributed by atoms with E-state index in [1.54, 1.807) is 13.8 Å². The lowest BCUT2D eigenvalue weighted by atomic mass is 9.91. The van der Waals surface area contributed by atoms with Gasteiger partial charge in [-0.3, -0.25) is 0 Å². The number of allylic oxidation sites excluding steroid dienone is 1. The highest BCUT2D eigenvalue weighted by Gasteiger charge is 2.17. The Kier molecular flexibility index (Phi) is 2.91. The van der Waals surface area contributed by atoms with Crippen LogP contribution in [-0.4, -0.2) is 11.4 Å². The first-order valence-electron chi connectivity index (χ1n) is 3.06.